The van der Waals surface area contributed by atoms with Crippen molar-refractivity contribution in [3.05, 3.63) is 53.3 Å². The van der Waals surface area contributed by atoms with E-state index in [0.29, 0.717) is 11.1 Å². The first kappa shape index (κ1) is 13.5. The van der Waals surface area contributed by atoms with Gasteiger partial charge in [0.2, 0.25) is 0 Å². The average molecular weight is 285 g/mol. The molecule has 6 nitrogen and oxygen atoms in total. The van der Waals surface area contributed by atoms with Crippen LogP contribution in [0.15, 0.2) is 36.5 Å². The predicted octanol–water partition coefficient (Wildman–Crippen LogP) is 2.19. The molecule has 2 heterocycles. The van der Waals surface area contributed by atoms with Gasteiger partial charge in [0.15, 0.2) is 0 Å². The molecule has 0 aliphatic carbocycles. The van der Waals surface area contributed by atoms with Gasteiger partial charge in [-0.1, -0.05) is 12.1 Å². The van der Waals surface area contributed by atoms with Crippen LogP contribution < -0.4 is 0 Å². The van der Waals surface area contributed by atoms with Gasteiger partial charge in [0.1, 0.15) is 6.61 Å². The molecule has 2 amide bonds. The highest BCUT2D eigenvalue weighted by Crippen LogP contribution is 2.23. The Bertz CT molecular complexity index is 671. The van der Waals surface area contributed by atoms with Gasteiger partial charge in [-0.25, -0.2) is 0 Å². The van der Waals surface area contributed by atoms with Crippen LogP contribution in [0.2, 0.25) is 0 Å². The fraction of sp³-hybridized carbons (Fsp3) is 0.267. The number of benzene rings is 1. The number of aromatic nitrogens is 2. The first-order valence-corrected chi connectivity index (χ1v) is 6.72. The van der Waals surface area contributed by atoms with Gasteiger partial charge >= 0.3 is 0 Å². The Kier molecular flexibility index (Phi) is 3.31. The van der Waals surface area contributed by atoms with Crippen LogP contribution in [0.1, 0.15) is 46.3 Å². The predicted molar refractivity (Wildman–Crippen MR) is 74.3 cm³/mol. The van der Waals surface area contributed by atoms with Crippen LogP contribution in [0.3, 0.4) is 0 Å². The van der Waals surface area contributed by atoms with Crippen molar-refractivity contribution in [1.29, 1.82) is 0 Å². The van der Waals surface area contributed by atoms with Crippen LogP contribution in [-0.2, 0) is 11.4 Å². The van der Waals surface area contributed by atoms with E-state index in [1.54, 1.807) is 41.2 Å². The molecule has 0 saturated carbocycles. The average Bonchev–Trinajstić information content (AvgIpc) is 3.03. The molecule has 0 bridgehead atoms. The van der Waals surface area contributed by atoms with Crippen molar-refractivity contribution < 1.29 is 14.4 Å². The molecule has 3 rings (SSSR count). The smallest absolute Gasteiger partial charge is 0.266 e. The van der Waals surface area contributed by atoms with Crippen molar-refractivity contribution in [3.63, 3.8) is 0 Å². The zero-order chi connectivity index (χ0) is 15.0. The molecule has 0 fully saturated rings. The van der Waals surface area contributed by atoms with E-state index >= 15 is 0 Å². The molecule has 0 atom stereocenters. The number of nitrogens with zero attached hydrogens (tertiary/aromatic N) is 3. The van der Waals surface area contributed by atoms with Gasteiger partial charge in [0.25, 0.3) is 11.8 Å². The molecule has 1 aliphatic rings. The molecule has 1 aromatic carbocycles. The summed E-state index contributed by atoms with van der Waals surface area (Å²) in [5.41, 5.74) is 1.56. The maximum Gasteiger partial charge on any atom is 0.285 e. The highest BCUT2D eigenvalue weighted by Gasteiger charge is 2.36. The lowest BCUT2D eigenvalue weighted by Crippen LogP contribution is -2.30. The van der Waals surface area contributed by atoms with E-state index < -0.39 is 11.8 Å². The molecule has 0 saturated heterocycles. The zero-order valence-electron chi connectivity index (χ0n) is 11.8. The topological polar surface area (TPSA) is 64.4 Å². The van der Waals surface area contributed by atoms with E-state index in [0.717, 1.165) is 10.8 Å². The Hall–Kier alpha value is -2.47. The highest BCUT2D eigenvalue weighted by molar-refractivity contribution is 6.20. The molecular formula is C15H15N3O3. The van der Waals surface area contributed by atoms with Crippen LogP contribution in [0.25, 0.3) is 0 Å². The standard InChI is InChI=1S/C15H15N3O3/c1-10(2)17-11(7-8-16-17)9-21-18-14(19)12-5-3-4-6-13(12)15(18)20/h3-8,10H,9H2,1-2H3. The second kappa shape index (κ2) is 5.14. The Morgan fingerprint density at radius 2 is 1.71 bits per heavy atom. The molecular weight excluding hydrogens is 270 g/mol. The van der Waals surface area contributed by atoms with Gasteiger partial charge in [-0.15, -0.1) is 5.06 Å². The molecule has 21 heavy (non-hydrogen) atoms. The number of rotatable bonds is 4. The van der Waals surface area contributed by atoms with Crippen LogP contribution in [0.4, 0.5) is 0 Å². The lowest BCUT2D eigenvalue weighted by molar-refractivity contribution is -0.103. The van der Waals surface area contributed by atoms with Gasteiger partial charge in [-0.05, 0) is 32.0 Å². The van der Waals surface area contributed by atoms with E-state index in [2.05, 4.69) is 5.10 Å². The Morgan fingerprint density at radius 3 is 2.29 bits per heavy atom. The maximum absolute atomic E-state index is 12.1. The van der Waals surface area contributed by atoms with E-state index in [9.17, 15) is 9.59 Å². The number of amides is 2. The summed E-state index contributed by atoms with van der Waals surface area (Å²) in [5.74, 6) is -0.850. The van der Waals surface area contributed by atoms with Crippen molar-refractivity contribution >= 4 is 11.8 Å². The van der Waals surface area contributed by atoms with Crippen molar-refractivity contribution in [3.8, 4) is 0 Å². The lowest BCUT2D eigenvalue weighted by Gasteiger charge is -2.15. The van der Waals surface area contributed by atoms with E-state index in [4.69, 9.17) is 4.84 Å². The van der Waals surface area contributed by atoms with Crippen molar-refractivity contribution in [2.24, 2.45) is 0 Å². The Balaban J connectivity index is 1.77. The number of hydrogen-bond donors (Lipinski definition) is 0. The summed E-state index contributed by atoms with van der Waals surface area (Å²) in [4.78, 5) is 29.7. The first-order chi connectivity index (χ1) is 10.1. The van der Waals surface area contributed by atoms with E-state index in [-0.39, 0.29) is 12.6 Å². The quantitative estimate of drug-likeness (QED) is 0.808. The Labute approximate surface area is 121 Å². The van der Waals surface area contributed by atoms with Gasteiger partial charge in [0.05, 0.1) is 16.8 Å². The number of carbonyl (C=O) groups is 2. The molecule has 0 spiro atoms. The molecule has 0 N–H and O–H groups in total. The van der Waals surface area contributed by atoms with Crippen molar-refractivity contribution in [2.45, 2.75) is 26.5 Å². The number of carbonyl (C=O) groups excluding carboxylic acids is 2. The summed E-state index contributed by atoms with van der Waals surface area (Å²) in [6, 6.07) is 8.68. The second-order valence-corrected chi connectivity index (χ2v) is 5.08. The summed E-state index contributed by atoms with van der Waals surface area (Å²) < 4.78 is 1.79. The molecule has 1 aliphatic heterocycles. The number of imide groups is 1. The number of hydroxylamine groups is 2. The summed E-state index contributed by atoms with van der Waals surface area (Å²) in [6.45, 7) is 4.11. The van der Waals surface area contributed by atoms with Gasteiger partial charge in [-0.3, -0.25) is 19.1 Å². The molecule has 0 unspecified atom stereocenters. The maximum atomic E-state index is 12.1. The summed E-state index contributed by atoms with van der Waals surface area (Å²) >= 11 is 0. The van der Waals surface area contributed by atoms with Crippen molar-refractivity contribution in [2.75, 3.05) is 0 Å². The minimum atomic E-state index is -0.425. The van der Waals surface area contributed by atoms with Crippen LogP contribution in [0, 0.1) is 0 Å². The minimum absolute atomic E-state index is 0.115. The van der Waals surface area contributed by atoms with E-state index in [1.165, 1.54) is 0 Å². The Morgan fingerprint density at radius 1 is 1.10 bits per heavy atom. The first-order valence-electron chi connectivity index (χ1n) is 6.72. The van der Waals surface area contributed by atoms with Crippen molar-refractivity contribution in [1.82, 2.24) is 14.8 Å². The molecule has 6 heteroatoms. The highest BCUT2D eigenvalue weighted by atomic mass is 16.7. The second-order valence-electron chi connectivity index (χ2n) is 5.08. The largest absolute Gasteiger partial charge is 0.285 e. The third-order valence-corrected chi connectivity index (χ3v) is 3.34. The SMILES string of the molecule is CC(C)n1nccc1CON1C(=O)c2ccccc2C1=O. The third-order valence-electron chi connectivity index (χ3n) is 3.34. The third kappa shape index (κ3) is 2.23. The molecule has 1 aromatic heterocycles. The van der Waals surface area contributed by atoms with Crippen LogP contribution >= 0.6 is 0 Å². The molecule has 108 valence electrons. The lowest BCUT2D eigenvalue weighted by atomic mass is 10.1. The van der Waals surface area contributed by atoms with Crippen LogP contribution in [-0.4, -0.2) is 26.7 Å². The summed E-state index contributed by atoms with van der Waals surface area (Å²) in [7, 11) is 0. The molecule has 2 aromatic rings. The normalized spacial score (nSPS) is 14.1. The number of fused-ring (bicyclic) bond motifs is 1. The van der Waals surface area contributed by atoms with Crippen LogP contribution in [0.5, 0.6) is 0 Å². The number of hydrogen-bond acceptors (Lipinski definition) is 4. The summed E-state index contributed by atoms with van der Waals surface area (Å²) in [5, 5.41) is 5.01. The van der Waals surface area contributed by atoms with Gasteiger partial charge < -0.3 is 0 Å². The fourth-order valence-corrected chi connectivity index (χ4v) is 2.34. The monoisotopic (exact) mass is 285 g/mol. The fourth-order valence-electron chi connectivity index (χ4n) is 2.34. The summed E-state index contributed by atoms with van der Waals surface area (Å²) in [6.07, 6.45) is 1.67. The van der Waals surface area contributed by atoms with Gasteiger partial charge in [0, 0.05) is 12.2 Å². The van der Waals surface area contributed by atoms with Gasteiger partial charge in [-0.2, -0.15) is 5.10 Å². The zero-order valence-corrected chi connectivity index (χ0v) is 11.8. The minimum Gasteiger partial charge on any atom is -0.266 e. The molecule has 0 radical (unpaired) electrons. The van der Waals surface area contributed by atoms with E-state index in [1.807, 2.05) is 13.8 Å².